The second kappa shape index (κ2) is 12.1. The Hall–Kier alpha value is -3.76. The smallest absolute Gasteiger partial charge is 0.303 e. The van der Waals surface area contributed by atoms with Gasteiger partial charge < -0.3 is 9.84 Å². The third-order valence-corrected chi connectivity index (χ3v) is 7.04. The van der Waals surface area contributed by atoms with Crippen LogP contribution in [0.4, 0.5) is 5.69 Å². The van der Waals surface area contributed by atoms with Crippen molar-refractivity contribution in [1.82, 2.24) is 10.4 Å². The van der Waals surface area contributed by atoms with Crippen LogP contribution in [0.2, 0.25) is 0 Å². The molecule has 0 saturated carbocycles. The Balaban J connectivity index is 1.68. The highest BCUT2D eigenvalue weighted by Crippen LogP contribution is 2.26. The van der Waals surface area contributed by atoms with Gasteiger partial charge in [-0.25, -0.2) is 18.9 Å². The van der Waals surface area contributed by atoms with Crippen LogP contribution < -0.4 is 15.2 Å². The van der Waals surface area contributed by atoms with E-state index in [2.05, 4.69) is 10.4 Å². The molecular weight excluding hydrogens is 470 g/mol. The molecule has 1 heterocycles. The number of carboxylic acid groups (broad SMARTS) is 1. The van der Waals surface area contributed by atoms with E-state index in [0.29, 0.717) is 30.0 Å². The van der Waals surface area contributed by atoms with Crippen LogP contribution in [-0.2, 0) is 26.0 Å². The van der Waals surface area contributed by atoms with E-state index < -0.39 is 21.7 Å². The number of amides is 1. The predicted molar refractivity (Wildman–Crippen MR) is 131 cm³/mol. The number of hydrogen-bond acceptors (Lipinski definition) is 7. The minimum absolute atomic E-state index is 0.0818. The number of hydrazine groups is 1. The van der Waals surface area contributed by atoms with E-state index in [9.17, 15) is 23.1 Å². The van der Waals surface area contributed by atoms with Crippen LogP contribution in [0.1, 0.15) is 30.4 Å². The van der Waals surface area contributed by atoms with E-state index in [0.717, 1.165) is 5.56 Å². The van der Waals surface area contributed by atoms with Gasteiger partial charge in [-0.1, -0.05) is 25.1 Å². The average Bonchev–Trinajstić information content (AvgIpc) is 2.86. The van der Waals surface area contributed by atoms with E-state index >= 15 is 0 Å². The summed E-state index contributed by atoms with van der Waals surface area (Å²) in [5.74, 6) is -1.68. The Bertz CT molecular complexity index is 1230. The van der Waals surface area contributed by atoms with Gasteiger partial charge in [0.05, 0.1) is 22.8 Å². The SMILES string of the molecule is CCNN(C=O)c1cccc(COc2ccc(S(=O)(=O)CC(CC(=O)O)c3cccnc3)cc2)c1. The lowest BCUT2D eigenvalue weighted by molar-refractivity contribution is -0.137. The number of ether oxygens (including phenoxy) is 1. The van der Waals surface area contributed by atoms with Gasteiger partial charge in [-0.2, -0.15) is 0 Å². The predicted octanol–water partition coefficient (Wildman–Crippen LogP) is 3.18. The number of anilines is 1. The number of pyridine rings is 1. The molecule has 1 amide bonds. The highest BCUT2D eigenvalue weighted by molar-refractivity contribution is 7.91. The molecule has 9 nitrogen and oxygen atoms in total. The lowest BCUT2D eigenvalue weighted by Crippen LogP contribution is -2.36. The van der Waals surface area contributed by atoms with Crippen molar-refractivity contribution in [3.63, 3.8) is 0 Å². The summed E-state index contributed by atoms with van der Waals surface area (Å²) >= 11 is 0. The Morgan fingerprint density at radius 2 is 1.94 bits per heavy atom. The summed E-state index contributed by atoms with van der Waals surface area (Å²) in [5, 5.41) is 10.6. The average molecular weight is 498 g/mol. The van der Waals surface area contributed by atoms with Gasteiger partial charge >= 0.3 is 5.97 Å². The van der Waals surface area contributed by atoms with Gasteiger partial charge in [-0.05, 0) is 53.6 Å². The molecule has 0 saturated heterocycles. The molecule has 1 aromatic heterocycles. The fraction of sp³-hybridized carbons (Fsp3) is 0.240. The van der Waals surface area contributed by atoms with Gasteiger partial charge in [0.2, 0.25) is 6.41 Å². The number of carbonyl (C=O) groups excluding carboxylic acids is 1. The fourth-order valence-corrected chi connectivity index (χ4v) is 5.11. The van der Waals surface area contributed by atoms with Gasteiger partial charge in [0, 0.05) is 24.9 Å². The summed E-state index contributed by atoms with van der Waals surface area (Å²) in [5.41, 5.74) is 5.00. The van der Waals surface area contributed by atoms with Gasteiger partial charge in [0.15, 0.2) is 9.84 Å². The van der Waals surface area contributed by atoms with Crippen molar-refractivity contribution in [2.24, 2.45) is 0 Å². The Morgan fingerprint density at radius 1 is 1.17 bits per heavy atom. The number of nitrogens with zero attached hydrogens (tertiary/aromatic N) is 2. The highest BCUT2D eigenvalue weighted by Gasteiger charge is 2.25. The number of nitrogens with one attached hydrogen (secondary N) is 1. The van der Waals surface area contributed by atoms with Gasteiger partial charge in [0.25, 0.3) is 0 Å². The summed E-state index contributed by atoms with van der Waals surface area (Å²) in [4.78, 5) is 26.6. The molecule has 0 aliphatic rings. The number of carboxylic acids is 1. The zero-order chi connectivity index (χ0) is 25.3. The van der Waals surface area contributed by atoms with E-state index in [4.69, 9.17) is 4.74 Å². The van der Waals surface area contributed by atoms with Crippen LogP contribution in [-0.4, -0.2) is 43.2 Å². The summed E-state index contributed by atoms with van der Waals surface area (Å²) in [6.07, 6.45) is 3.41. The third-order valence-electron chi connectivity index (χ3n) is 5.21. The first-order chi connectivity index (χ1) is 16.8. The maximum atomic E-state index is 13.0. The van der Waals surface area contributed by atoms with Crippen molar-refractivity contribution < 1.29 is 27.9 Å². The zero-order valence-corrected chi connectivity index (χ0v) is 20.0. The van der Waals surface area contributed by atoms with Crippen molar-refractivity contribution in [3.8, 4) is 5.75 Å². The van der Waals surface area contributed by atoms with Crippen LogP contribution in [0.5, 0.6) is 5.75 Å². The minimum atomic E-state index is -3.75. The molecule has 0 aliphatic heterocycles. The first kappa shape index (κ1) is 25.9. The maximum absolute atomic E-state index is 13.0. The van der Waals surface area contributed by atoms with Crippen molar-refractivity contribution >= 4 is 27.9 Å². The molecule has 0 spiro atoms. The molecule has 1 atom stereocenters. The topological polar surface area (TPSA) is 126 Å². The first-order valence-electron chi connectivity index (χ1n) is 11.0. The molecule has 184 valence electrons. The molecule has 0 bridgehead atoms. The lowest BCUT2D eigenvalue weighted by atomic mass is 10.00. The van der Waals surface area contributed by atoms with Crippen molar-refractivity contribution in [2.45, 2.75) is 30.8 Å². The molecule has 10 heteroatoms. The lowest BCUT2D eigenvalue weighted by Gasteiger charge is -2.18. The Morgan fingerprint density at radius 3 is 2.57 bits per heavy atom. The molecule has 0 fully saturated rings. The summed E-state index contributed by atoms with van der Waals surface area (Å²) in [6.45, 7) is 2.70. The fourth-order valence-electron chi connectivity index (χ4n) is 3.53. The number of carbonyl (C=O) groups is 2. The summed E-state index contributed by atoms with van der Waals surface area (Å²) in [6, 6.07) is 16.6. The van der Waals surface area contributed by atoms with Crippen LogP contribution >= 0.6 is 0 Å². The van der Waals surface area contributed by atoms with Crippen molar-refractivity contribution in [1.29, 1.82) is 0 Å². The standard InChI is InChI=1S/C25H27N3O6S/c1-2-27-28(18-29)22-7-3-5-19(13-22)16-34-23-8-10-24(11-9-23)35(32,33)17-21(14-25(30)31)20-6-4-12-26-15-20/h3-13,15,18,21,27H,2,14,16-17H2,1H3,(H,30,31). The van der Waals surface area contributed by atoms with Crippen LogP contribution in [0.15, 0.2) is 78.0 Å². The Labute approximate surface area is 204 Å². The molecule has 0 radical (unpaired) electrons. The van der Waals surface area contributed by atoms with Crippen molar-refractivity contribution in [2.75, 3.05) is 17.3 Å². The molecular formula is C25H27N3O6S. The first-order valence-corrected chi connectivity index (χ1v) is 12.6. The van der Waals surface area contributed by atoms with Gasteiger partial charge in [0.1, 0.15) is 12.4 Å². The highest BCUT2D eigenvalue weighted by atomic mass is 32.2. The molecule has 1 unspecified atom stereocenters. The minimum Gasteiger partial charge on any atom is -0.489 e. The molecule has 2 aromatic carbocycles. The van der Waals surface area contributed by atoms with Crippen molar-refractivity contribution in [3.05, 3.63) is 84.2 Å². The van der Waals surface area contributed by atoms with E-state index in [1.165, 1.54) is 23.3 Å². The Kier molecular flexibility index (Phi) is 8.93. The number of sulfone groups is 1. The second-order valence-electron chi connectivity index (χ2n) is 7.78. The van der Waals surface area contributed by atoms with Crippen LogP contribution in [0.3, 0.4) is 0 Å². The summed E-state index contributed by atoms with van der Waals surface area (Å²) in [7, 11) is -3.75. The van der Waals surface area contributed by atoms with E-state index in [1.807, 2.05) is 25.1 Å². The largest absolute Gasteiger partial charge is 0.489 e. The molecule has 3 aromatic rings. The number of benzene rings is 2. The van der Waals surface area contributed by atoms with E-state index in [-0.39, 0.29) is 23.7 Å². The number of aliphatic carboxylic acids is 1. The summed E-state index contributed by atoms with van der Waals surface area (Å²) < 4.78 is 31.7. The number of aromatic nitrogens is 1. The molecule has 3 rings (SSSR count). The quantitative estimate of drug-likeness (QED) is 0.272. The normalized spacial score (nSPS) is 12.0. The monoisotopic (exact) mass is 497 g/mol. The number of hydrogen-bond donors (Lipinski definition) is 2. The zero-order valence-electron chi connectivity index (χ0n) is 19.2. The van der Waals surface area contributed by atoms with Crippen LogP contribution in [0, 0.1) is 0 Å². The van der Waals surface area contributed by atoms with E-state index in [1.54, 1.807) is 36.5 Å². The number of rotatable bonds is 13. The van der Waals surface area contributed by atoms with Crippen LogP contribution in [0.25, 0.3) is 0 Å². The molecule has 35 heavy (non-hydrogen) atoms. The second-order valence-corrected chi connectivity index (χ2v) is 9.81. The molecule has 2 N–H and O–H groups in total. The van der Waals surface area contributed by atoms with Gasteiger partial charge in [-0.3, -0.25) is 14.6 Å². The van der Waals surface area contributed by atoms with Gasteiger partial charge in [-0.15, -0.1) is 0 Å². The maximum Gasteiger partial charge on any atom is 0.303 e. The molecule has 0 aliphatic carbocycles. The third kappa shape index (κ3) is 7.36.